The number of rotatable bonds is 13. The SMILES string of the molecule is C[C@H]([C@H](C/C=C/c1ccc2ccccc2c1)c1ccc(Cl)cc1)N(Cc1ccc2ccccc2c1)C(=O)C[C@@H](CC(=O)O)C(=O)O. The van der Waals surface area contributed by atoms with Gasteiger partial charge in [0.2, 0.25) is 5.91 Å². The molecule has 0 fully saturated rings. The van der Waals surface area contributed by atoms with Gasteiger partial charge >= 0.3 is 11.9 Å². The van der Waals surface area contributed by atoms with Gasteiger partial charge in [0.05, 0.1) is 12.3 Å². The highest BCUT2D eigenvalue weighted by Crippen LogP contribution is 2.32. The molecule has 2 N–H and O–H groups in total. The van der Waals surface area contributed by atoms with Crippen LogP contribution in [0.3, 0.4) is 0 Å². The van der Waals surface area contributed by atoms with E-state index in [2.05, 4.69) is 42.5 Å². The van der Waals surface area contributed by atoms with Crippen LogP contribution in [0.2, 0.25) is 5.02 Å². The summed E-state index contributed by atoms with van der Waals surface area (Å²) in [5.74, 6) is -4.47. The van der Waals surface area contributed by atoms with E-state index in [0.29, 0.717) is 11.4 Å². The van der Waals surface area contributed by atoms with Gasteiger partial charge in [0, 0.05) is 29.9 Å². The van der Waals surface area contributed by atoms with E-state index in [0.717, 1.165) is 38.2 Å². The van der Waals surface area contributed by atoms with Crippen molar-refractivity contribution in [2.24, 2.45) is 5.92 Å². The first-order chi connectivity index (χ1) is 22.2. The second-order valence-corrected chi connectivity index (χ2v) is 12.1. The molecule has 0 aliphatic carbocycles. The molecule has 234 valence electrons. The number of hydrogen-bond acceptors (Lipinski definition) is 3. The lowest BCUT2D eigenvalue weighted by molar-refractivity contribution is -0.151. The number of amides is 1. The number of halogens is 1. The van der Waals surface area contributed by atoms with Crippen molar-refractivity contribution in [1.82, 2.24) is 4.90 Å². The topological polar surface area (TPSA) is 94.9 Å². The van der Waals surface area contributed by atoms with E-state index < -0.39 is 36.6 Å². The molecule has 6 nitrogen and oxygen atoms in total. The largest absolute Gasteiger partial charge is 0.481 e. The number of aliphatic carboxylic acids is 2. The number of hydrogen-bond donors (Lipinski definition) is 2. The van der Waals surface area contributed by atoms with Crippen LogP contribution in [0.15, 0.2) is 115 Å². The minimum absolute atomic E-state index is 0.166. The van der Waals surface area contributed by atoms with Crippen molar-refractivity contribution in [2.75, 3.05) is 0 Å². The molecule has 0 aliphatic rings. The molecular formula is C39H36ClNO5. The van der Waals surface area contributed by atoms with Crippen LogP contribution in [0, 0.1) is 5.92 Å². The molecule has 0 radical (unpaired) electrons. The van der Waals surface area contributed by atoms with Gasteiger partial charge < -0.3 is 15.1 Å². The van der Waals surface area contributed by atoms with Crippen molar-refractivity contribution >= 4 is 57.1 Å². The Labute approximate surface area is 273 Å². The van der Waals surface area contributed by atoms with Crippen molar-refractivity contribution in [3.05, 3.63) is 137 Å². The summed E-state index contributed by atoms with van der Waals surface area (Å²) in [6.45, 7) is 2.21. The monoisotopic (exact) mass is 633 g/mol. The number of carboxylic acid groups (broad SMARTS) is 2. The minimum Gasteiger partial charge on any atom is -0.481 e. The Morgan fingerprint density at radius 2 is 1.37 bits per heavy atom. The summed E-state index contributed by atoms with van der Waals surface area (Å²) < 4.78 is 0. The van der Waals surface area contributed by atoms with Gasteiger partial charge in [-0.15, -0.1) is 0 Å². The van der Waals surface area contributed by atoms with E-state index in [4.69, 9.17) is 11.6 Å². The van der Waals surface area contributed by atoms with Crippen LogP contribution >= 0.6 is 11.6 Å². The van der Waals surface area contributed by atoms with Crippen LogP contribution < -0.4 is 0 Å². The first-order valence-electron chi connectivity index (χ1n) is 15.3. The Hall–Kier alpha value is -4.94. The highest BCUT2D eigenvalue weighted by atomic mass is 35.5. The average molecular weight is 634 g/mol. The molecule has 7 heteroatoms. The number of carbonyl (C=O) groups is 3. The summed E-state index contributed by atoms with van der Waals surface area (Å²) in [4.78, 5) is 39.1. The predicted octanol–water partition coefficient (Wildman–Crippen LogP) is 8.82. The second kappa shape index (κ2) is 14.9. The van der Waals surface area contributed by atoms with Gasteiger partial charge in [0.15, 0.2) is 0 Å². The third kappa shape index (κ3) is 8.20. The van der Waals surface area contributed by atoms with E-state index in [9.17, 15) is 24.6 Å². The molecule has 0 aromatic heterocycles. The van der Waals surface area contributed by atoms with Crippen LogP contribution in [-0.4, -0.2) is 39.0 Å². The summed E-state index contributed by atoms with van der Waals surface area (Å²) in [6, 6.07) is 35.6. The molecular weight excluding hydrogens is 598 g/mol. The van der Waals surface area contributed by atoms with Crippen molar-refractivity contribution in [3.63, 3.8) is 0 Å². The van der Waals surface area contributed by atoms with E-state index in [1.807, 2.05) is 85.8 Å². The molecule has 1 amide bonds. The number of nitrogens with zero attached hydrogens (tertiary/aromatic N) is 1. The summed E-state index contributed by atoms with van der Waals surface area (Å²) in [7, 11) is 0. The standard InChI is InChI=1S/C39H36ClNO5/c1-26(36(31-17-19-35(40)20-18-31)12-6-7-27-13-15-29-8-2-4-10-32(29)21-27)41(37(42)23-34(39(45)46)24-38(43)44)25-28-14-16-30-9-3-5-11-33(30)22-28/h2-11,13-22,26,34,36H,12,23-25H2,1H3,(H,43,44)(H,45,46)/b7-6+/t26-,34+,36+/m1/s1. The van der Waals surface area contributed by atoms with Gasteiger partial charge in [0.1, 0.15) is 0 Å². The number of carboxylic acids is 2. The second-order valence-electron chi connectivity index (χ2n) is 11.7. The number of allylic oxidation sites excluding steroid dienone is 1. The molecule has 0 unspecified atom stereocenters. The maximum absolute atomic E-state index is 14.0. The van der Waals surface area contributed by atoms with E-state index in [1.165, 1.54) is 0 Å². The highest BCUT2D eigenvalue weighted by Gasteiger charge is 2.32. The summed E-state index contributed by atoms with van der Waals surface area (Å²) in [6.07, 6.45) is 3.72. The van der Waals surface area contributed by atoms with E-state index in [1.54, 1.807) is 4.90 Å². The summed E-state index contributed by atoms with van der Waals surface area (Å²) in [5, 5.41) is 24.1. The zero-order chi connectivity index (χ0) is 32.6. The summed E-state index contributed by atoms with van der Waals surface area (Å²) >= 11 is 6.24. The van der Waals surface area contributed by atoms with Gasteiger partial charge in [-0.25, -0.2) is 0 Å². The first-order valence-corrected chi connectivity index (χ1v) is 15.7. The molecule has 0 bridgehead atoms. The van der Waals surface area contributed by atoms with Crippen molar-refractivity contribution < 1.29 is 24.6 Å². The number of benzene rings is 5. The fraction of sp³-hybridized carbons (Fsp3) is 0.205. The summed E-state index contributed by atoms with van der Waals surface area (Å²) in [5.41, 5.74) is 2.94. The molecule has 0 spiro atoms. The maximum Gasteiger partial charge on any atom is 0.307 e. The third-order valence-corrected chi connectivity index (χ3v) is 8.78. The van der Waals surface area contributed by atoms with Crippen molar-refractivity contribution in [3.8, 4) is 0 Å². The van der Waals surface area contributed by atoms with Crippen LogP contribution in [-0.2, 0) is 20.9 Å². The zero-order valence-corrected chi connectivity index (χ0v) is 26.3. The molecule has 0 saturated carbocycles. The van der Waals surface area contributed by atoms with Gasteiger partial charge in [-0.05, 0) is 75.8 Å². The third-order valence-electron chi connectivity index (χ3n) is 8.52. The van der Waals surface area contributed by atoms with Gasteiger partial charge in [0.25, 0.3) is 0 Å². The van der Waals surface area contributed by atoms with Crippen LogP contribution in [0.25, 0.3) is 27.6 Å². The van der Waals surface area contributed by atoms with Crippen LogP contribution in [0.1, 0.15) is 48.8 Å². The van der Waals surface area contributed by atoms with E-state index in [-0.39, 0.29) is 18.5 Å². The Balaban J connectivity index is 1.48. The fourth-order valence-electron chi connectivity index (χ4n) is 5.98. The fourth-order valence-corrected chi connectivity index (χ4v) is 6.11. The maximum atomic E-state index is 14.0. The lowest BCUT2D eigenvalue weighted by Gasteiger charge is -2.36. The number of fused-ring (bicyclic) bond motifs is 2. The number of carbonyl (C=O) groups excluding carboxylic acids is 1. The molecule has 0 heterocycles. The Kier molecular flexibility index (Phi) is 10.5. The Morgan fingerprint density at radius 1 is 0.761 bits per heavy atom. The Bertz CT molecular complexity index is 1880. The molecule has 3 atom stereocenters. The molecule has 5 aromatic rings. The molecule has 5 rings (SSSR count). The van der Waals surface area contributed by atoms with Crippen molar-refractivity contribution in [1.29, 1.82) is 0 Å². The molecule has 0 aliphatic heterocycles. The predicted molar refractivity (Wildman–Crippen MR) is 184 cm³/mol. The van der Waals surface area contributed by atoms with Crippen LogP contribution in [0.4, 0.5) is 0 Å². The average Bonchev–Trinajstić information content (AvgIpc) is 3.05. The van der Waals surface area contributed by atoms with Gasteiger partial charge in [-0.1, -0.05) is 109 Å². The van der Waals surface area contributed by atoms with Gasteiger partial charge in [-0.3, -0.25) is 14.4 Å². The normalized spacial score (nSPS) is 13.4. The molecule has 5 aromatic carbocycles. The smallest absolute Gasteiger partial charge is 0.307 e. The first kappa shape index (κ1) is 32.5. The molecule has 0 saturated heterocycles. The van der Waals surface area contributed by atoms with Crippen molar-refractivity contribution in [2.45, 2.75) is 44.7 Å². The zero-order valence-electron chi connectivity index (χ0n) is 25.6. The van der Waals surface area contributed by atoms with Gasteiger partial charge in [-0.2, -0.15) is 0 Å². The minimum atomic E-state index is -1.34. The lowest BCUT2D eigenvalue weighted by atomic mass is 9.87. The lowest BCUT2D eigenvalue weighted by Crippen LogP contribution is -2.43. The van der Waals surface area contributed by atoms with Crippen LogP contribution in [0.5, 0.6) is 0 Å². The Morgan fingerprint density at radius 3 is 2.00 bits per heavy atom. The molecule has 46 heavy (non-hydrogen) atoms. The van der Waals surface area contributed by atoms with E-state index >= 15 is 0 Å². The quantitative estimate of drug-likeness (QED) is 0.135. The highest BCUT2D eigenvalue weighted by molar-refractivity contribution is 6.30.